The van der Waals surface area contributed by atoms with Gasteiger partial charge in [-0.1, -0.05) is 12.8 Å². The van der Waals surface area contributed by atoms with Gasteiger partial charge in [0.1, 0.15) is 0 Å². The van der Waals surface area contributed by atoms with E-state index >= 15 is 0 Å². The molecule has 10 heteroatoms. The van der Waals surface area contributed by atoms with Crippen molar-refractivity contribution < 1.29 is 31.4 Å². The molecule has 0 bridgehead atoms. The highest BCUT2D eigenvalue weighted by atomic mass is 28.4. The van der Waals surface area contributed by atoms with Crippen molar-refractivity contribution in [2.24, 2.45) is 5.92 Å². The number of carbonyl (C=O) groups excluding carboxylic acids is 1. The summed E-state index contributed by atoms with van der Waals surface area (Å²) < 4.78 is 33.2. The molecule has 0 heterocycles. The smallest absolute Gasteiger partial charge is 0.377 e. The van der Waals surface area contributed by atoms with Crippen LogP contribution in [0.25, 0.3) is 0 Å². The summed E-state index contributed by atoms with van der Waals surface area (Å²) in [5.74, 6) is 0.610. The first-order valence-electron chi connectivity index (χ1n) is 10.4. The number of rotatable bonds is 18. The summed E-state index contributed by atoms with van der Waals surface area (Å²) in [5.41, 5.74) is 0. The van der Waals surface area contributed by atoms with Crippen LogP contribution in [0, 0.1) is 5.92 Å². The maximum Gasteiger partial charge on any atom is 0.500 e. The van der Waals surface area contributed by atoms with Gasteiger partial charge in [0.05, 0.1) is 0 Å². The SMILES string of the molecule is CCN(CCC(CCC[Si](OC)(OC)OC)CCC[Si](OC)(OC)OC)C(C)=O. The number of hydrogen-bond acceptors (Lipinski definition) is 7. The summed E-state index contributed by atoms with van der Waals surface area (Å²) >= 11 is 0. The largest absolute Gasteiger partial charge is 0.500 e. The third-order valence-corrected chi connectivity index (χ3v) is 11.4. The minimum atomic E-state index is -2.55. The molecule has 0 fully saturated rings. The molecule has 29 heavy (non-hydrogen) atoms. The Kier molecular flexibility index (Phi) is 15.3. The zero-order valence-electron chi connectivity index (χ0n) is 19.7. The summed E-state index contributed by atoms with van der Waals surface area (Å²) in [6, 6.07) is 1.56. The average Bonchev–Trinajstić information content (AvgIpc) is 2.74. The lowest BCUT2D eigenvalue weighted by Gasteiger charge is -2.27. The van der Waals surface area contributed by atoms with Gasteiger partial charge in [0.25, 0.3) is 0 Å². The van der Waals surface area contributed by atoms with Crippen LogP contribution in [0.1, 0.15) is 46.0 Å². The first kappa shape index (κ1) is 28.7. The van der Waals surface area contributed by atoms with Crippen LogP contribution in [0.3, 0.4) is 0 Å². The molecule has 0 spiro atoms. The molecule has 0 unspecified atom stereocenters. The number of carbonyl (C=O) groups is 1. The Morgan fingerprint density at radius 2 is 1.14 bits per heavy atom. The second kappa shape index (κ2) is 15.5. The van der Waals surface area contributed by atoms with Crippen molar-refractivity contribution in [3.05, 3.63) is 0 Å². The Hall–Kier alpha value is -0.336. The molecule has 0 rings (SSSR count). The van der Waals surface area contributed by atoms with Crippen molar-refractivity contribution in [2.75, 3.05) is 55.7 Å². The Bertz CT molecular complexity index is 392. The Morgan fingerprint density at radius 1 is 0.759 bits per heavy atom. The number of nitrogens with zero attached hydrogens (tertiary/aromatic N) is 1. The van der Waals surface area contributed by atoms with Crippen LogP contribution < -0.4 is 0 Å². The van der Waals surface area contributed by atoms with E-state index in [0.717, 1.165) is 57.3 Å². The predicted molar refractivity (Wildman–Crippen MR) is 118 cm³/mol. The molecule has 0 aromatic carbocycles. The predicted octanol–water partition coefficient (Wildman–Crippen LogP) is 3.18. The molecule has 1 amide bonds. The number of amides is 1. The molecular formula is C19H43NO7Si2. The van der Waals surface area contributed by atoms with E-state index in [2.05, 4.69) is 0 Å². The van der Waals surface area contributed by atoms with Crippen LogP contribution in [-0.2, 0) is 31.4 Å². The van der Waals surface area contributed by atoms with Gasteiger partial charge >= 0.3 is 17.6 Å². The van der Waals surface area contributed by atoms with Crippen LogP contribution in [0.5, 0.6) is 0 Å². The lowest BCUT2D eigenvalue weighted by molar-refractivity contribution is -0.128. The summed E-state index contributed by atoms with van der Waals surface area (Å²) in [5, 5.41) is 0. The van der Waals surface area contributed by atoms with Gasteiger partial charge in [0.15, 0.2) is 0 Å². The van der Waals surface area contributed by atoms with Crippen molar-refractivity contribution in [3.63, 3.8) is 0 Å². The zero-order valence-corrected chi connectivity index (χ0v) is 21.7. The summed E-state index contributed by atoms with van der Waals surface area (Å²) in [6.45, 7) is 5.16. The van der Waals surface area contributed by atoms with Crippen molar-refractivity contribution in [2.45, 2.75) is 58.0 Å². The Labute approximate surface area is 179 Å². The van der Waals surface area contributed by atoms with Crippen LogP contribution in [0.15, 0.2) is 0 Å². The van der Waals surface area contributed by atoms with Crippen molar-refractivity contribution in [1.29, 1.82) is 0 Å². The zero-order chi connectivity index (χ0) is 22.3. The second-order valence-corrected chi connectivity index (χ2v) is 13.3. The first-order chi connectivity index (χ1) is 13.8. The highest BCUT2D eigenvalue weighted by Gasteiger charge is 2.38. The molecule has 8 nitrogen and oxygen atoms in total. The maximum atomic E-state index is 11.7. The lowest BCUT2D eigenvalue weighted by Crippen LogP contribution is -2.43. The Balaban J connectivity index is 4.85. The molecule has 0 aliphatic rings. The maximum absolute atomic E-state index is 11.7. The van der Waals surface area contributed by atoms with E-state index < -0.39 is 17.6 Å². The third-order valence-electron chi connectivity index (χ3n) is 5.69. The van der Waals surface area contributed by atoms with E-state index in [1.165, 1.54) is 0 Å². The summed E-state index contributed by atoms with van der Waals surface area (Å²) in [6.07, 6.45) is 4.94. The summed E-state index contributed by atoms with van der Waals surface area (Å²) in [4.78, 5) is 13.6. The molecule has 0 atom stereocenters. The standard InChI is InChI=1S/C19H43NO7Si2/c1-9-20(18(2)21)15-14-19(12-10-16-28(22-3,23-4)24-5)13-11-17-29(25-6,26-7)27-8/h19H,9-17H2,1-8H3. The molecule has 0 saturated heterocycles. The van der Waals surface area contributed by atoms with E-state index in [9.17, 15) is 4.79 Å². The second-order valence-electron chi connectivity index (χ2n) is 7.13. The molecule has 0 aliphatic heterocycles. The fourth-order valence-corrected chi connectivity index (χ4v) is 7.14. The van der Waals surface area contributed by atoms with Gasteiger partial charge in [-0.3, -0.25) is 4.79 Å². The van der Waals surface area contributed by atoms with E-state index in [4.69, 9.17) is 26.6 Å². The van der Waals surface area contributed by atoms with Gasteiger partial charge in [-0.2, -0.15) is 0 Å². The van der Waals surface area contributed by atoms with E-state index in [1.54, 1.807) is 49.6 Å². The monoisotopic (exact) mass is 453 g/mol. The van der Waals surface area contributed by atoms with E-state index in [1.807, 2.05) is 11.8 Å². The van der Waals surface area contributed by atoms with Crippen LogP contribution in [-0.4, -0.2) is 84.2 Å². The molecule has 0 saturated carbocycles. The van der Waals surface area contributed by atoms with Crippen molar-refractivity contribution in [3.8, 4) is 0 Å². The minimum absolute atomic E-state index is 0.125. The molecule has 0 aromatic heterocycles. The van der Waals surface area contributed by atoms with Gasteiger partial charge in [0, 0.05) is 74.8 Å². The van der Waals surface area contributed by atoms with Crippen molar-refractivity contribution in [1.82, 2.24) is 4.90 Å². The minimum Gasteiger partial charge on any atom is -0.377 e. The topological polar surface area (TPSA) is 75.7 Å². The Morgan fingerprint density at radius 3 is 1.41 bits per heavy atom. The highest BCUT2D eigenvalue weighted by Crippen LogP contribution is 2.26. The highest BCUT2D eigenvalue weighted by molar-refractivity contribution is 6.60. The van der Waals surface area contributed by atoms with Gasteiger partial charge in [0.2, 0.25) is 5.91 Å². The van der Waals surface area contributed by atoms with Gasteiger partial charge < -0.3 is 31.5 Å². The molecule has 0 radical (unpaired) electrons. The fraction of sp³-hybridized carbons (Fsp3) is 0.947. The lowest BCUT2D eigenvalue weighted by atomic mass is 9.94. The van der Waals surface area contributed by atoms with E-state index in [-0.39, 0.29) is 5.91 Å². The van der Waals surface area contributed by atoms with Gasteiger partial charge in [-0.15, -0.1) is 0 Å². The molecule has 0 aromatic rings. The first-order valence-corrected chi connectivity index (χ1v) is 14.2. The van der Waals surface area contributed by atoms with Crippen LogP contribution in [0.4, 0.5) is 0 Å². The van der Waals surface area contributed by atoms with Crippen molar-refractivity contribution >= 4 is 23.5 Å². The van der Waals surface area contributed by atoms with Crippen LogP contribution >= 0.6 is 0 Å². The molecule has 174 valence electrons. The molecule has 0 aliphatic carbocycles. The van der Waals surface area contributed by atoms with E-state index in [0.29, 0.717) is 5.92 Å². The third kappa shape index (κ3) is 10.0. The van der Waals surface area contributed by atoms with Gasteiger partial charge in [-0.05, 0) is 32.1 Å². The fourth-order valence-electron chi connectivity index (χ4n) is 3.64. The van der Waals surface area contributed by atoms with Gasteiger partial charge in [-0.25, -0.2) is 0 Å². The average molecular weight is 454 g/mol. The quantitative estimate of drug-likeness (QED) is 0.295. The molecular weight excluding hydrogens is 410 g/mol. The molecule has 0 N–H and O–H groups in total. The summed E-state index contributed by atoms with van der Waals surface area (Å²) in [7, 11) is 4.78. The number of hydrogen-bond donors (Lipinski definition) is 0. The normalized spacial score (nSPS) is 12.6. The van der Waals surface area contributed by atoms with Crippen LogP contribution in [0.2, 0.25) is 12.1 Å².